The lowest BCUT2D eigenvalue weighted by Gasteiger charge is -2.17. The number of fused-ring (bicyclic) bond motifs is 1. The van der Waals surface area contributed by atoms with Gasteiger partial charge in [-0.05, 0) is 37.5 Å². The molecular weight excluding hydrogens is 400 g/mol. The van der Waals surface area contributed by atoms with Gasteiger partial charge in [0.25, 0.3) is 5.56 Å². The summed E-state index contributed by atoms with van der Waals surface area (Å²) < 4.78 is 1.59. The van der Waals surface area contributed by atoms with Crippen molar-refractivity contribution in [3.8, 4) is 0 Å². The van der Waals surface area contributed by atoms with Gasteiger partial charge in [-0.25, -0.2) is 4.98 Å². The Labute approximate surface area is 172 Å². The first kappa shape index (κ1) is 20.7. The molecule has 1 aliphatic rings. The Bertz CT molecular complexity index is 958. The molecule has 0 saturated heterocycles. The molecule has 1 N–H and O–H groups in total. The average molecular weight is 423 g/mol. The minimum absolute atomic E-state index is 0.0262. The van der Waals surface area contributed by atoms with Crippen LogP contribution < -0.4 is 10.9 Å². The molecule has 1 saturated carbocycles. The normalized spacial score (nSPS) is 13.5. The lowest BCUT2D eigenvalue weighted by molar-refractivity contribution is -0.132. The van der Waals surface area contributed by atoms with Crippen molar-refractivity contribution >= 4 is 46.1 Å². The third kappa shape index (κ3) is 5.05. The summed E-state index contributed by atoms with van der Waals surface area (Å²) >= 11 is 7.23. The van der Waals surface area contributed by atoms with Crippen LogP contribution in [0.2, 0.25) is 5.02 Å². The van der Waals surface area contributed by atoms with E-state index in [0.717, 1.165) is 19.3 Å². The summed E-state index contributed by atoms with van der Waals surface area (Å²) in [5.41, 5.74) is 0.368. The molecule has 2 amide bonds. The minimum atomic E-state index is -0.195. The molecule has 0 unspecified atom stereocenters. The van der Waals surface area contributed by atoms with Gasteiger partial charge in [0, 0.05) is 24.7 Å². The molecule has 150 valence electrons. The topological polar surface area (TPSA) is 84.3 Å². The molecule has 0 radical (unpaired) electrons. The molecule has 1 fully saturated rings. The molecule has 28 heavy (non-hydrogen) atoms. The maximum Gasteiger partial charge on any atom is 0.262 e. The molecule has 0 bridgehead atoms. The molecule has 0 atom stereocenters. The molecule has 1 aromatic carbocycles. The first-order valence-corrected chi connectivity index (χ1v) is 10.6. The van der Waals surface area contributed by atoms with Crippen molar-refractivity contribution in [3.05, 3.63) is 33.6 Å². The molecule has 9 heteroatoms. The lowest BCUT2D eigenvalue weighted by atomic mass is 10.2. The molecule has 0 aliphatic heterocycles. The summed E-state index contributed by atoms with van der Waals surface area (Å²) in [5.74, 6) is -0.251. The number of rotatable bonds is 8. The van der Waals surface area contributed by atoms with E-state index in [-0.39, 0.29) is 35.7 Å². The van der Waals surface area contributed by atoms with Crippen LogP contribution in [0.4, 0.5) is 0 Å². The van der Waals surface area contributed by atoms with E-state index in [2.05, 4.69) is 10.3 Å². The maximum absolute atomic E-state index is 12.8. The minimum Gasteiger partial charge on any atom is -0.352 e. The van der Waals surface area contributed by atoms with E-state index in [1.807, 2.05) is 6.92 Å². The van der Waals surface area contributed by atoms with Gasteiger partial charge < -0.3 is 10.2 Å². The van der Waals surface area contributed by atoms with Crippen molar-refractivity contribution in [2.45, 2.75) is 43.9 Å². The molecule has 1 heterocycles. The van der Waals surface area contributed by atoms with Gasteiger partial charge in [0.15, 0.2) is 5.16 Å². The summed E-state index contributed by atoms with van der Waals surface area (Å²) in [6.07, 6.45) is 2.78. The Hall–Kier alpha value is -2.06. The Morgan fingerprint density at radius 2 is 2.14 bits per heavy atom. The van der Waals surface area contributed by atoms with Crippen LogP contribution in [-0.4, -0.2) is 51.7 Å². The van der Waals surface area contributed by atoms with Crippen LogP contribution in [0.5, 0.6) is 0 Å². The van der Waals surface area contributed by atoms with Gasteiger partial charge in [-0.2, -0.15) is 0 Å². The quantitative estimate of drug-likeness (QED) is 0.521. The third-order valence-corrected chi connectivity index (χ3v) is 5.60. The van der Waals surface area contributed by atoms with Crippen molar-refractivity contribution in [1.29, 1.82) is 0 Å². The fraction of sp³-hybridized carbons (Fsp3) is 0.474. The Kier molecular flexibility index (Phi) is 6.61. The van der Waals surface area contributed by atoms with E-state index in [9.17, 15) is 14.4 Å². The standard InChI is InChI=1S/C19H23ClN4O3S/c1-3-8-24-18(27)14-7-4-12(20)9-15(14)22-19(24)28-11-17(26)23(2)10-16(25)21-13-5-6-13/h4,7,9,13H,3,5-6,8,10-11H2,1-2H3,(H,21,25). The van der Waals surface area contributed by atoms with E-state index in [1.165, 1.54) is 16.7 Å². The van der Waals surface area contributed by atoms with Crippen LogP contribution in [-0.2, 0) is 16.1 Å². The van der Waals surface area contributed by atoms with Crippen LogP contribution >= 0.6 is 23.4 Å². The predicted octanol–water partition coefficient (Wildman–Crippen LogP) is 2.29. The van der Waals surface area contributed by atoms with E-state index >= 15 is 0 Å². The highest BCUT2D eigenvalue weighted by Gasteiger charge is 2.24. The van der Waals surface area contributed by atoms with Gasteiger partial charge >= 0.3 is 0 Å². The van der Waals surface area contributed by atoms with Crippen molar-refractivity contribution < 1.29 is 9.59 Å². The van der Waals surface area contributed by atoms with Crippen molar-refractivity contribution in [2.24, 2.45) is 0 Å². The molecule has 0 spiro atoms. The molecule has 3 rings (SSSR count). The average Bonchev–Trinajstić information content (AvgIpc) is 3.45. The molecule has 2 aromatic rings. The number of benzene rings is 1. The number of nitrogens with zero attached hydrogens (tertiary/aromatic N) is 3. The number of hydrogen-bond acceptors (Lipinski definition) is 5. The van der Waals surface area contributed by atoms with Crippen molar-refractivity contribution in [3.63, 3.8) is 0 Å². The zero-order valence-corrected chi connectivity index (χ0v) is 17.5. The second kappa shape index (κ2) is 8.96. The first-order valence-electron chi connectivity index (χ1n) is 9.25. The third-order valence-electron chi connectivity index (χ3n) is 4.40. The molecule has 1 aliphatic carbocycles. The smallest absolute Gasteiger partial charge is 0.262 e. The molecular formula is C19H23ClN4O3S. The number of hydrogen-bond donors (Lipinski definition) is 1. The van der Waals surface area contributed by atoms with E-state index < -0.39 is 0 Å². The number of carbonyl (C=O) groups is 2. The van der Waals surface area contributed by atoms with Crippen molar-refractivity contribution in [2.75, 3.05) is 19.3 Å². The van der Waals surface area contributed by atoms with Gasteiger partial charge in [-0.1, -0.05) is 30.3 Å². The van der Waals surface area contributed by atoms with E-state index in [1.54, 1.807) is 29.8 Å². The first-order chi connectivity index (χ1) is 13.4. The van der Waals surface area contributed by atoms with Crippen LogP contribution in [0.15, 0.2) is 28.2 Å². The zero-order valence-electron chi connectivity index (χ0n) is 15.9. The number of halogens is 1. The number of likely N-dealkylation sites (N-methyl/N-ethyl adjacent to an activating group) is 1. The summed E-state index contributed by atoms with van der Waals surface area (Å²) in [4.78, 5) is 43.0. The number of nitrogens with one attached hydrogen (secondary N) is 1. The predicted molar refractivity (Wildman–Crippen MR) is 111 cm³/mol. The Morgan fingerprint density at radius 1 is 1.39 bits per heavy atom. The Morgan fingerprint density at radius 3 is 2.82 bits per heavy atom. The highest BCUT2D eigenvalue weighted by molar-refractivity contribution is 7.99. The maximum atomic E-state index is 12.8. The lowest BCUT2D eigenvalue weighted by Crippen LogP contribution is -2.39. The van der Waals surface area contributed by atoms with E-state index in [0.29, 0.717) is 27.6 Å². The second-order valence-electron chi connectivity index (χ2n) is 6.89. The fourth-order valence-corrected chi connectivity index (χ4v) is 3.88. The monoisotopic (exact) mass is 422 g/mol. The van der Waals surface area contributed by atoms with Crippen LogP contribution in [0.3, 0.4) is 0 Å². The fourth-order valence-electron chi connectivity index (χ4n) is 2.75. The van der Waals surface area contributed by atoms with Gasteiger partial charge in [0.2, 0.25) is 11.8 Å². The number of carbonyl (C=O) groups excluding carboxylic acids is 2. The zero-order chi connectivity index (χ0) is 20.3. The largest absolute Gasteiger partial charge is 0.352 e. The highest BCUT2D eigenvalue weighted by atomic mass is 35.5. The van der Waals surface area contributed by atoms with Crippen LogP contribution in [0, 0.1) is 0 Å². The molecule has 1 aromatic heterocycles. The summed E-state index contributed by atoms with van der Waals surface area (Å²) in [5, 5.41) is 4.34. The summed E-state index contributed by atoms with van der Waals surface area (Å²) in [7, 11) is 1.60. The van der Waals surface area contributed by atoms with Gasteiger partial charge in [0.1, 0.15) is 0 Å². The van der Waals surface area contributed by atoms with Crippen LogP contribution in [0.25, 0.3) is 10.9 Å². The molecule has 7 nitrogen and oxygen atoms in total. The number of thioether (sulfide) groups is 1. The van der Waals surface area contributed by atoms with E-state index in [4.69, 9.17) is 11.6 Å². The second-order valence-corrected chi connectivity index (χ2v) is 8.27. The van der Waals surface area contributed by atoms with Gasteiger partial charge in [-0.3, -0.25) is 19.0 Å². The van der Waals surface area contributed by atoms with Gasteiger partial charge in [-0.15, -0.1) is 0 Å². The SMILES string of the molecule is CCCn1c(SCC(=O)N(C)CC(=O)NC2CC2)nc2cc(Cl)ccc2c1=O. The number of amides is 2. The van der Waals surface area contributed by atoms with Gasteiger partial charge in [0.05, 0.1) is 23.2 Å². The van der Waals surface area contributed by atoms with Crippen LogP contribution in [0.1, 0.15) is 26.2 Å². The summed E-state index contributed by atoms with van der Waals surface area (Å²) in [6.45, 7) is 2.52. The Balaban J connectivity index is 1.73. The number of aromatic nitrogens is 2. The summed E-state index contributed by atoms with van der Waals surface area (Å²) in [6, 6.07) is 5.25. The van der Waals surface area contributed by atoms with Crippen molar-refractivity contribution in [1.82, 2.24) is 19.8 Å². The highest BCUT2D eigenvalue weighted by Crippen LogP contribution is 2.21.